The highest BCUT2D eigenvalue weighted by Crippen LogP contribution is 2.30. The fraction of sp³-hybridized carbons (Fsp3) is 0.292. The highest BCUT2D eigenvalue weighted by atomic mass is 35.5. The number of rotatable bonds is 8. The van der Waals surface area contributed by atoms with Gasteiger partial charge in [0.1, 0.15) is 0 Å². The lowest BCUT2D eigenvalue weighted by Gasteiger charge is -2.30. The van der Waals surface area contributed by atoms with Crippen LogP contribution in [0, 0.1) is 5.82 Å². The molecule has 3 aromatic rings. The Morgan fingerprint density at radius 2 is 1.97 bits per heavy atom. The molecule has 162 valence electrons. The summed E-state index contributed by atoms with van der Waals surface area (Å²) in [6, 6.07) is 14.0. The van der Waals surface area contributed by atoms with Crippen molar-refractivity contribution in [3.05, 3.63) is 94.7 Å². The van der Waals surface area contributed by atoms with Gasteiger partial charge < -0.3 is 9.75 Å². The standard InChI is InChI=1S/C24H26ClFN4O/c1-3-22(30-15-4-12-27-30)19-8-6-18(7-9-19)16-28-13-5-14-29(28)17-20-21(25)10-11-23(31-2)24(20)26/h4-13,15,22H,3,14,16-17H2,1-2H3. The first-order valence-corrected chi connectivity index (χ1v) is 10.8. The minimum Gasteiger partial charge on any atom is -0.494 e. The van der Waals surface area contributed by atoms with E-state index in [0.717, 1.165) is 6.42 Å². The minimum atomic E-state index is -0.407. The summed E-state index contributed by atoms with van der Waals surface area (Å²) >= 11 is 6.28. The predicted octanol–water partition coefficient (Wildman–Crippen LogP) is 5.43. The van der Waals surface area contributed by atoms with Gasteiger partial charge in [-0.3, -0.25) is 4.68 Å². The Morgan fingerprint density at radius 3 is 2.65 bits per heavy atom. The fourth-order valence-corrected chi connectivity index (χ4v) is 4.14. The summed E-state index contributed by atoms with van der Waals surface area (Å²) < 4.78 is 21.8. The molecule has 5 nitrogen and oxygen atoms in total. The van der Waals surface area contributed by atoms with E-state index >= 15 is 0 Å². The number of ether oxygens (including phenoxy) is 1. The third-order valence-electron chi connectivity index (χ3n) is 5.61. The van der Waals surface area contributed by atoms with Gasteiger partial charge in [-0.05, 0) is 35.7 Å². The van der Waals surface area contributed by atoms with E-state index in [2.05, 4.69) is 52.4 Å². The number of halogens is 2. The molecule has 1 unspecified atom stereocenters. The molecule has 0 aliphatic carbocycles. The van der Waals surface area contributed by atoms with Gasteiger partial charge in [-0.25, -0.2) is 9.40 Å². The number of hydrazine groups is 1. The molecule has 0 N–H and O–H groups in total. The molecule has 0 bridgehead atoms. The zero-order valence-corrected chi connectivity index (χ0v) is 18.5. The van der Waals surface area contributed by atoms with Crippen LogP contribution in [0.1, 0.15) is 36.1 Å². The van der Waals surface area contributed by atoms with Crippen LogP contribution in [0.15, 0.2) is 67.1 Å². The van der Waals surface area contributed by atoms with Crippen molar-refractivity contribution in [1.82, 2.24) is 19.8 Å². The summed E-state index contributed by atoms with van der Waals surface area (Å²) in [5.74, 6) is -0.202. The molecule has 0 saturated heterocycles. The molecular weight excluding hydrogens is 415 g/mol. The minimum absolute atomic E-state index is 0.205. The van der Waals surface area contributed by atoms with Gasteiger partial charge in [0.15, 0.2) is 11.6 Å². The highest BCUT2D eigenvalue weighted by Gasteiger charge is 2.22. The Bertz CT molecular complexity index is 1040. The first-order chi connectivity index (χ1) is 15.1. The summed E-state index contributed by atoms with van der Waals surface area (Å²) in [5.41, 5.74) is 2.84. The molecule has 0 amide bonds. The molecule has 1 aromatic heterocycles. The van der Waals surface area contributed by atoms with Gasteiger partial charge in [0.25, 0.3) is 0 Å². The monoisotopic (exact) mass is 440 g/mol. The number of nitrogens with zero attached hydrogens (tertiary/aromatic N) is 4. The van der Waals surface area contributed by atoms with Crippen LogP contribution in [-0.4, -0.2) is 33.5 Å². The fourth-order valence-electron chi connectivity index (χ4n) is 3.93. The lowest BCUT2D eigenvalue weighted by atomic mass is 10.0. The van der Waals surface area contributed by atoms with Crippen LogP contribution >= 0.6 is 11.6 Å². The molecule has 0 radical (unpaired) electrons. The molecule has 0 spiro atoms. The SMILES string of the molecule is CCC(c1ccc(CN2C=CCN2Cc2c(Cl)ccc(OC)c2F)cc1)n1cccn1. The maximum absolute atomic E-state index is 14.7. The molecular formula is C24H26ClFN4O. The van der Waals surface area contributed by atoms with Crippen molar-refractivity contribution < 1.29 is 9.13 Å². The lowest BCUT2D eigenvalue weighted by Crippen LogP contribution is -2.34. The summed E-state index contributed by atoms with van der Waals surface area (Å²) in [6.45, 7) is 3.92. The van der Waals surface area contributed by atoms with Gasteiger partial charge in [0.05, 0.1) is 19.7 Å². The second kappa shape index (κ2) is 9.54. The maximum Gasteiger partial charge on any atom is 0.171 e. The molecule has 2 aromatic carbocycles. The molecule has 31 heavy (non-hydrogen) atoms. The van der Waals surface area contributed by atoms with E-state index in [1.165, 1.54) is 18.2 Å². The Hall–Kier alpha value is -2.83. The largest absolute Gasteiger partial charge is 0.494 e. The lowest BCUT2D eigenvalue weighted by molar-refractivity contribution is 0.0344. The van der Waals surface area contributed by atoms with Crippen LogP contribution in [0.4, 0.5) is 4.39 Å². The molecule has 7 heteroatoms. The van der Waals surface area contributed by atoms with Crippen LogP contribution in [0.3, 0.4) is 0 Å². The van der Waals surface area contributed by atoms with Gasteiger partial charge in [-0.1, -0.05) is 48.9 Å². The summed E-state index contributed by atoms with van der Waals surface area (Å²) in [5, 5.41) is 8.95. The van der Waals surface area contributed by atoms with E-state index < -0.39 is 5.82 Å². The number of methoxy groups -OCH3 is 1. The second-order valence-corrected chi connectivity index (χ2v) is 7.93. The van der Waals surface area contributed by atoms with E-state index in [9.17, 15) is 4.39 Å². The zero-order valence-electron chi connectivity index (χ0n) is 17.7. The summed E-state index contributed by atoms with van der Waals surface area (Å²) in [4.78, 5) is 0. The van der Waals surface area contributed by atoms with Gasteiger partial charge in [0.2, 0.25) is 0 Å². The Balaban J connectivity index is 1.46. The van der Waals surface area contributed by atoms with Gasteiger partial charge in [-0.2, -0.15) is 5.10 Å². The van der Waals surface area contributed by atoms with Crippen molar-refractivity contribution in [3.8, 4) is 5.75 Å². The maximum atomic E-state index is 14.7. The Kier molecular flexibility index (Phi) is 6.59. The number of hydrogen-bond acceptors (Lipinski definition) is 4. The number of hydrogen-bond donors (Lipinski definition) is 0. The van der Waals surface area contributed by atoms with Crippen molar-refractivity contribution >= 4 is 11.6 Å². The van der Waals surface area contributed by atoms with Crippen molar-refractivity contribution in [2.75, 3.05) is 13.7 Å². The average molecular weight is 441 g/mol. The van der Waals surface area contributed by atoms with Gasteiger partial charge in [0, 0.05) is 42.3 Å². The van der Waals surface area contributed by atoms with Crippen LogP contribution in [0.2, 0.25) is 5.02 Å². The van der Waals surface area contributed by atoms with E-state index in [1.54, 1.807) is 12.1 Å². The zero-order chi connectivity index (χ0) is 21.8. The van der Waals surface area contributed by atoms with E-state index in [-0.39, 0.29) is 11.8 Å². The first-order valence-electron chi connectivity index (χ1n) is 10.4. The van der Waals surface area contributed by atoms with Crippen LogP contribution < -0.4 is 4.74 Å². The molecule has 4 rings (SSSR count). The molecule has 1 aliphatic heterocycles. The highest BCUT2D eigenvalue weighted by molar-refractivity contribution is 6.31. The van der Waals surface area contributed by atoms with E-state index in [4.69, 9.17) is 16.3 Å². The molecule has 0 fully saturated rings. The second-order valence-electron chi connectivity index (χ2n) is 7.52. The summed E-state index contributed by atoms with van der Waals surface area (Å²) in [7, 11) is 1.46. The normalized spacial score (nSPS) is 14.9. The predicted molar refractivity (Wildman–Crippen MR) is 120 cm³/mol. The van der Waals surface area contributed by atoms with Crippen LogP contribution in [0.25, 0.3) is 0 Å². The Morgan fingerprint density at radius 1 is 1.16 bits per heavy atom. The van der Waals surface area contributed by atoms with Crippen molar-refractivity contribution in [2.24, 2.45) is 0 Å². The van der Waals surface area contributed by atoms with E-state index in [1.807, 2.05) is 29.3 Å². The van der Waals surface area contributed by atoms with Crippen molar-refractivity contribution in [1.29, 1.82) is 0 Å². The number of aromatic nitrogens is 2. The van der Waals surface area contributed by atoms with Crippen molar-refractivity contribution in [3.63, 3.8) is 0 Å². The quantitative estimate of drug-likeness (QED) is 0.467. The third-order valence-corrected chi connectivity index (χ3v) is 5.96. The Labute approximate surface area is 187 Å². The smallest absolute Gasteiger partial charge is 0.171 e. The van der Waals surface area contributed by atoms with Crippen molar-refractivity contribution in [2.45, 2.75) is 32.5 Å². The molecule has 0 saturated carbocycles. The first kappa shape index (κ1) is 21.4. The van der Waals surface area contributed by atoms with Crippen LogP contribution in [-0.2, 0) is 13.1 Å². The topological polar surface area (TPSA) is 33.5 Å². The number of benzene rings is 2. The van der Waals surface area contributed by atoms with Gasteiger partial charge >= 0.3 is 0 Å². The average Bonchev–Trinajstić information content (AvgIpc) is 3.46. The third kappa shape index (κ3) is 4.60. The van der Waals surface area contributed by atoms with E-state index in [0.29, 0.717) is 30.2 Å². The molecule has 1 atom stereocenters. The van der Waals surface area contributed by atoms with Gasteiger partial charge in [-0.15, -0.1) is 0 Å². The van der Waals surface area contributed by atoms with Crippen LogP contribution in [0.5, 0.6) is 5.75 Å². The molecule has 1 aliphatic rings. The summed E-state index contributed by atoms with van der Waals surface area (Å²) in [6.07, 6.45) is 8.86. The molecule has 2 heterocycles.